The predicted octanol–water partition coefficient (Wildman–Crippen LogP) is 2.47. The first-order valence-electron chi connectivity index (χ1n) is 8.66. The van der Waals surface area contributed by atoms with Gasteiger partial charge in [0.25, 0.3) is 0 Å². The minimum Gasteiger partial charge on any atom is -0.493 e. The van der Waals surface area contributed by atoms with Crippen molar-refractivity contribution >= 4 is 6.03 Å². The second-order valence-corrected chi connectivity index (χ2v) is 6.26. The Labute approximate surface area is 154 Å². The summed E-state index contributed by atoms with van der Waals surface area (Å²) >= 11 is 0. The molecular formula is C19H28N4O3. The number of carbonyl (C=O) groups is 1. The van der Waals surface area contributed by atoms with Crippen molar-refractivity contribution in [2.24, 2.45) is 0 Å². The van der Waals surface area contributed by atoms with Gasteiger partial charge in [-0.15, -0.1) is 0 Å². The molecule has 0 fully saturated rings. The lowest BCUT2D eigenvalue weighted by atomic mass is 10.1. The van der Waals surface area contributed by atoms with Crippen LogP contribution in [0.15, 0.2) is 18.2 Å². The van der Waals surface area contributed by atoms with Gasteiger partial charge in [-0.2, -0.15) is 5.10 Å². The lowest BCUT2D eigenvalue weighted by Crippen LogP contribution is -2.39. The summed E-state index contributed by atoms with van der Waals surface area (Å²) in [4.78, 5) is 13.9. The van der Waals surface area contributed by atoms with E-state index in [0.29, 0.717) is 24.6 Å². The van der Waals surface area contributed by atoms with Crippen molar-refractivity contribution in [2.75, 3.05) is 34.4 Å². The highest BCUT2D eigenvalue weighted by Crippen LogP contribution is 2.27. The number of benzene rings is 1. The molecule has 1 heterocycles. The summed E-state index contributed by atoms with van der Waals surface area (Å²) in [7, 11) is 5.03. The Morgan fingerprint density at radius 3 is 2.54 bits per heavy atom. The molecule has 26 heavy (non-hydrogen) atoms. The third kappa shape index (κ3) is 4.91. The molecule has 142 valence electrons. The van der Waals surface area contributed by atoms with E-state index < -0.39 is 0 Å². The van der Waals surface area contributed by atoms with Crippen LogP contribution < -0.4 is 14.8 Å². The Morgan fingerprint density at radius 1 is 1.19 bits per heavy atom. The molecule has 7 heteroatoms. The van der Waals surface area contributed by atoms with Gasteiger partial charge in [0.1, 0.15) is 0 Å². The highest BCUT2D eigenvalue weighted by molar-refractivity contribution is 5.73. The fourth-order valence-electron chi connectivity index (χ4n) is 2.81. The first-order valence-corrected chi connectivity index (χ1v) is 8.66. The number of methoxy groups -OCH3 is 2. The van der Waals surface area contributed by atoms with E-state index in [-0.39, 0.29) is 6.03 Å². The number of H-pyrrole nitrogens is 1. The summed E-state index contributed by atoms with van der Waals surface area (Å²) in [5.41, 5.74) is 4.29. The first-order chi connectivity index (χ1) is 12.5. The molecule has 0 saturated carbocycles. The van der Waals surface area contributed by atoms with E-state index in [1.165, 1.54) is 5.56 Å². The Morgan fingerprint density at radius 2 is 1.92 bits per heavy atom. The molecular weight excluding hydrogens is 332 g/mol. The van der Waals surface area contributed by atoms with Gasteiger partial charge in [0.05, 0.1) is 19.9 Å². The standard InChI is InChI=1S/C19H28N4O3/c1-13-16(14(2)22-21-13)8-10-20-19(24)23(3)11-9-15-6-7-17(25-4)18(12-15)26-5/h6-7,12H,8-11H2,1-5H3,(H,20,24)(H,21,22). The van der Waals surface area contributed by atoms with E-state index in [9.17, 15) is 4.79 Å². The number of urea groups is 1. The van der Waals surface area contributed by atoms with E-state index >= 15 is 0 Å². The van der Waals surface area contributed by atoms with Crippen LogP contribution in [-0.4, -0.2) is 55.5 Å². The van der Waals surface area contributed by atoms with Gasteiger partial charge in [-0.05, 0) is 49.9 Å². The molecule has 1 aromatic carbocycles. The molecule has 0 spiro atoms. The third-order valence-electron chi connectivity index (χ3n) is 4.46. The number of rotatable bonds is 8. The molecule has 7 nitrogen and oxygen atoms in total. The van der Waals surface area contributed by atoms with Crippen molar-refractivity contribution in [1.29, 1.82) is 0 Å². The Bertz CT molecular complexity index is 723. The monoisotopic (exact) mass is 360 g/mol. The Hall–Kier alpha value is -2.70. The largest absolute Gasteiger partial charge is 0.493 e. The molecule has 2 rings (SSSR count). The number of aromatic nitrogens is 2. The lowest BCUT2D eigenvalue weighted by molar-refractivity contribution is 0.209. The zero-order valence-electron chi connectivity index (χ0n) is 16.2. The van der Waals surface area contributed by atoms with E-state index in [1.54, 1.807) is 26.2 Å². The van der Waals surface area contributed by atoms with E-state index in [0.717, 1.165) is 29.8 Å². The number of nitrogens with one attached hydrogen (secondary N) is 2. The van der Waals surface area contributed by atoms with Crippen LogP contribution in [0.1, 0.15) is 22.5 Å². The molecule has 0 aliphatic carbocycles. The summed E-state index contributed by atoms with van der Waals surface area (Å²) in [6.07, 6.45) is 1.51. The summed E-state index contributed by atoms with van der Waals surface area (Å²) in [6, 6.07) is 5.72. The number of aromatic amines is 1. The lowest BCUT2D eigenvalue weighted by Gasteiger charge is -2.18. The SMILES string of the molecule is COc1ccc(CCN(C)C(=O)NCCc2c(C)n[nH]c2C)cc1OC. The molecule has 0 aliphatic rings. The molecule has 0 bridgehead atoms. The average molecular weight is 360 g/mol. The number of likely N-dealkylation sites (N-methyl/N-ethyl adjacent to an activating group) is 1. The van der Waals surface area contributed by atoms with Crippen molar-refractivity contribution in [2.45, 2.75) is 26.7 Å². The number of hydrogen-bond acceptors (Lipinski definition) is 4. The number of nitrogens with zero attached hydrogens (tertiary/aromatic N) is 2. The highest BCUT2D eigenvalue weighted by atomic mass is 16.5. The van der Waals surface area contributed by atoms with Crippen LogP contribution in [-0.2, 0) is 12.8 Å². The minimum absolute atomic E-state index is 0.0794. The van der Waals surface area contributed by atoms with Crippen LogP contribution in [0, 0.1) is 13.8 Å². The summed E-state index contributed by atoms with van der Waals surface area (Å²) in [5, 5.41) is 10.1. The van der Waals surface area contributed by atoms with Gasteiger partial charge < -0.3 is 19.7 Å². The maximum Gasteiger partial charge on any atom is 0.317 e. The van der Waals surface area contributed by atoms with E-state index in [1.807, 2.05) is 32.0 Å². The molecule has 0 saturated heterocycles. The van der Waals surface area contributed by atoms with Gasteiger partial charge in [0, 0.05) is 25.8 Å². The molecule has 1 aromatic heterocycles. The smallest absolute Gasteiger partial charge is 0.317 e. The number of aryl methyl sites for hydroxylation is 2. The van der Waals surface area contributed by atoms with E-state index in [4.69, 9.17) is 9.47 Å². The molecule has 0 unspecified atom stereocenters. The average Bonchev–Trinajstić information content (AvgIpc) is 2.97. The normalized spacial score (nSPS) is 10.5. The molecule has 2 amide bonds. The summed E-state index contributed by atoms with van der Waals surface area (Å²) < 4.78 is 10.6. The molecule has 0 aliphatic heterocycles. The van der Waals surface area contributed by atoms with Gasteiger partial charge in [0.15, 0.2) is 11.5 Å². The number of amides is 2. The van der Waals surface area contributed by atoms with Gasteiger partial charge >= 0.3 is 6.03 Å². The van der Waals surface area contributed by atoms with Gasteiger partial charge in [-0.1, -0.05) is 6.07 Å². The minimum atomic E-state index is -0.0794. The Balaban J connectivity index is 1.80. The second kappa shape index (κ2) is 9.12. The zero-order valence-corrected chi connectivity index (χ0v) is 16.2. The zero-order chi connectivity index (χ0) is 19.1. The van der Waals surface area contributed by atoms with Crippen LogP contribution >= 0.6 is 0 Å². The number of carbonyl (C=O) groups excluding carboxylic acids is 1. The topological polar surface area (TPSA) is 79.5 Å². The van der Waals surface area contributed by atoms with Crippen molar-refractivity contribution in [3.63, 3.8) is 0 Å². The van der Waals surface area contributed by atoms with Crippen molar-refractivity contribution in [1.82, 2.24) is 20.4 Å². The van der Waals surface area contributed by atoms with Crippen LogP contribution in [0.4, 0.5) is 4.79 Å². The first kappa shape index (κ1) is 19.6. The van der Waals surface area contributed by atoms with Crippen LogP contribution in [0.2, 0.25) is 0 Å². The fourth-order valence-corrected chi connectivity index (χ4v) is 2.81. The number of hydrogen-bond donors (Lipinski definition) is 2. The Kier molecular flexibility index (Phi) is 6.89. The molecule has 2 N–H and O–H groups in total. The highest BCUT2D eigenvalue weighted by Gasteiger charge is 2.11. The fraction of sp³-hybridized carbons (Fsp3) is 0.474. The third-order valence-corrected chi connectivity index (χ3v) is 4.46. The summed E-state index contributed by atoms with van der Waals surface area (Å²) in [6.45, 7) is 5.16. The summed E-state index contributed by atoms with van der Waals surface area (Å²) in [5.74, 6) is 1.40. The predicted molar refractivity (Wildman–Crippen MR) is 101 cm³/mol. The molecule has 2 aromatic rings. The molecule has 0 radical (unpaired) electrons. The maximum absolute atomic E-state index is 12.2. The van der Waals surface area contributed by atoms with Crippen molar-refractivity contribution < 1.29 is 14.3 Å². The van der Waals surface area contributed by atoms with Crippen molar-refractivity contribution in [3.05, 3.63) is 40.7 Å². The second-order valence-electron chi connectivity index (χ2n) is 6.26. The van der Waals surface area contributed by atoms with Crippen molar-refractivity contribution in [3.8, 4) is 11.5 Å². The quantitative estimate of drug-likeness (QED) is 0.758. The van der Waals surface area contributed by atoms with Gasteiger partial charge in [-0.25, -0.2) is 4.79 Å². The molecule has 0 atom stereocenters. The van der Waals surface area contributed by atoms with Crippen LogP contribution in [0.5, 0.6) is 11.5 Å². The van der Waals surface area contributed by atoms with Gasteiger partial charge in [-0.3, -0.25) is 5.10 Å². The van der Waals surface area contributed by atoms with Crippen LogP contribution in [0.25, 0.3) is 0 Å². The maximum atomic E-state index is 12.2. The van der Waals surface area contributed by atoms with Gasteiger partial charge in [0.2, 0.25) is 0 Å². The van der Waals surface area contributed by atoms with E-state index in [2.05, 4.69) is 15.5 Å². The number of ether oxygens (including phenoxy) is 2. The van der Waals surface area contributed by atoms with Crippen LogP contribution in [0.3, 0.4) is 0 Å².